The topological polar surface area (TPSA) is 64.8 Å². The lowest BCUT2D eigenvalue weighted by Gasteiger charge is -2.31. The molecule has 0 rings (SSSR count). The SMILES string of the molecule is COC(C)N(CC(N)=O)C(C)OC. The average molecular weight is 190 g/mol. The normalized spacial score (nSPS) is 15.8. The first-order valence-electron chi connectivity index (χ1n) is 4.12. The zero-order valence-electron chi connectivity index (χ0n) is 8.61. The standard InChI is InChI=1S/C8H18N2O3/c1-6(12-3)10(5-8(9)11)7(2)13-4/h6-7H,5H2,1-4H3,(H2,9,11). The Balaban J connectivity index is 4.26. The lowest BCUT2D eigenvalue weighted by atomic mass is 10.4. The number of hydrogen-bond acceptors (Lipinski definition) is 4. The third kappa shape index (κ3) is 4.21. The lowest BCUT2D eigenvalue weighted by molar-refractivity contribution is -0.138. The smallest absolute Gasteiger partial charge is 0.231 e. The van der Waals surface area contributed by atoms with Gasteiger partial charge < -0.3 is 15.2 Å². The van der Waals surface area contributed by atoms with E-state index in [9.17, 15) is 4.79 Å². The van der Waals surface area contributed by atoms with Crippen molar-refractivity contribution in [2.75, 3.05) is 20.8 Å². The van der Waals surface area contributed by atoms with E-state index >= 15 is 0 Å². The van der Waals surface area contributed by atoms with Gasteiger partial charge in [0.15, 0.2) is 0 Å². The second-order valence-electron chi connectivity index (χ2n) is 2.81. The molecule has 2 N–H and O–H groups in total. The van der Waals surface area contributed by atoms with E-state index in [2.05, 4.69) is 0 Å². The predicted octanol–water partition coefficient (Wildman–Crippen LogP) is -0.241. The number of primary amides is 1. The molecule has 0 bridgehead atoms. The van der Waals surface area contributed by atoms with Gasteiger partial charge in [-0.05, 0) is 13.8 Å². The van der Waals surface area contributed by atoms with Crippen LogP contribution in [0.1, 0.15) is 13.8 Å². The Kier molecular flexibility index (Phi) is 5.61. The van der Waals surface area contributed by atoms with Crippen LogP contribution < -0.4 is 5.73 Å². The minimum atomic E-state index is -0.396. The number of ether oxygens (including phenoxy) is 2. The van der Waals surface area contributed by atoms with Crippen molar-refractivity contribution in [2.24, 2.45) is 5.73 Å². The van der Waals surface area contributed by atoms with Gasteiger partial charge in [0, 0.05) is 14.2 Å². The molecule has 0 heterocycles. The van der Waals surface area contributed by atoms with Crippen LogP contribution in [-0.2, 0) is 14.3 Å². The number of hydrogen-bond donors (Lipinski definition) is 1. The Labute approximate surface area is 78.8 Å². The van der Waals surface area contributed by atoms with Gasteiger partial charge in [-0.1, -0.05) is 0 Å². The molecule has 2 unspecified atom stereocenters. The van der Waals surface area contributed by atoms with Crippen molar-refractivity contribution < 1.29 is 14.3 Å². The van der Waals surface area contributed by atoms with E-state index in [0.717, 1.165) is 0 Å². The van der Waals surface area contributed by atoms with Gasteiger partial charge in [0.05, 0.1) is 6.54 Å². The van der Waals surface area contributed by atoms with E-state index < -0.39 is 5.91 Å². The van der Waals surface area contributed by atoms with Crippen molar-refractivity contribution >= 4 is 5.91 Å². The molecule has 0 aromatic carbocycles. The largest absolute Gasteiger partial charge is 0.369 e. The highest BCUT2D eigenvalue weighted by Gasteiger charge is 2.20. The van der Waals surface area contributed by atoms with Crippen LogP contribution in [0, 0.1) is 0 Å². The minimum Gasteiger partial charge on any atom is -0.369 e. The predicted molar refractivity (Wildman–Crippen MR) is 48.8 cm³/mol. The molecular weight excluding hydrogens is 172 g/mol. The first-order valence-corrected chi connectivity index (χ1v) is 4.12. The van der Waals surface area contributed by atoms with E-state index in [1.54, 1.807) is 19.1 Å². The van der Waals surface area contributed by atoms with Crippen molar-refractivity contribution in [3.05, 3.63) is 0 Å². The second-order valence-corrected chi connectivity index (χ2v) is 2.81. The van der Waals surface area contributed by atoms with E-state index in [1.165, 1.54) is 0 Å². The maximum Gasteiger partial charge on any atom is 0.231 e. The van der Waals surface area contributed by atoms with Crippen molar-refractivity contribution in [3.63, 3.8) is 0 Å². The summed E-state index contributed by atoms with van der Waals surface area (Å²) in [6.45, 7) is 3.79. The van der Waals surface area contributed by atoms with Crippen LogP contribution in [0.2, 0.25) is 0 Å². The highest BCUT2D eigenvalue weighted by atomic mass is 16.5. The zero-order chi connectivity index (χ0) is 10.4. The molecule has 78 valence electrons. The third-order valence-corrected chi connectivity index (χ3v) is 1.95. The zero-order valence-corrected chi connectivity index (χ0v) is 8.61. The Morgan fingerprint density at radius 1 is 1.31 bits per heavy atom. The summed E-state index contributed by atoms with van der Waals surface area (Å²) in [5.74, 6) is -0.396. The molecule has 0 saturated heterocycles. The molecular formula is C8H18N2O3. The summed E-state index contributed by atoms with van der Waals surface area (Å²) in [6.07, 6.45) is -0.384. The molecule has 5 heteroatoms. The second kappa shape index (κ2) is 5.90. The number of methoxy groups -OCH3 is 2. The molecule has 13 heavy (non-hydrogen) atoms. The van der Waals surface area contributed by atoms with Crippen LogP contribution in [0.15, 0.2) is 0 Å². The van der Waals surface area contributed by atoms with E-state index in [1.807, 2.05) is 13.8 Å². The maximum absolute atomic E-state index is 10.7. The molecule has 0 aliphatic heterocycles. The van der Waals surface area contributed by atoms with Gasteiger partial charge in [-0.3, -0.25) is 4.79 Å². The highest BCUT2D eigenvalue weighted by Crippen LogP contribution is 2.05. The quantitative estimate of drug-likeness (QED) is 0.587. The molecule has 0 radical (unpaired) electrons. The van der Waals surface area contributed by atoms with Crippen LogP contribution in [-0.4, -0.2) is 44.0 Å². The van der Waals surface area contributed by atoms with Gasteiger partial charge in [0.25, 0.3) is 0 Å². The van der Waals surface area contributed by atoms with Crippen molar-refractivity contribution in [2.45, 2.75) is 26.3 Å². The van der Waals surface area contributed by atoms with Gasteiger partial charge in [-0.25, -0.2) is 4.90 Å². The molecule has 1 amide bonds. The van der Waals surface area contributed by atoms with Crippen molar-refractivity contribution in [3.8, 4) is 0 Å². The van der Waals surface area contributed by atoms with Crippen molar-refractivity contribution in [1.29, 1.82) is 0 Å². The summed E-state index contributed by atoms with van der Waals surface area (Å²) in [7, 11) is 3.14. The minimum absolute atomic E-state index is 0.129. The number of nitrogens with zero attached hydrogens (tertiary/aromatic N) is 1. The third-order valence-electron chi connectivity index (χ3n) is 1.95. The molecule has 2 atom stereocenters. The Morgan fingerprint density at radius 3 is 1.92 bits per heavy atom. The fourth-order valence-corrected chi connectivity index (χ4v) is 1.00. The average Bonchev–Trinajstić information content (AvgIpc) is 2.11. The molecule has 0 fully saturated rings. The number of amides is 1. The molecule has 5 nitrogen and oxygen atoms in total. The number of rotatable bonds is 6. The monoisotopic (exact) mass is 190 g/mol. The van der Waals surface area contributed by atoms with Crippen LogP contribution in [0.4, 0.5) is 0 Å². The Morgan fingerprint density at radius 2 is 1.69 bits per heavy atom. The van der Waals surface area contributed by atoms with Gasteiger partial charge >= 0.3 is 0 Å². The summed E-state index contributed by atoms with van der Waals surface area (Å²) in [6, 6.07) is 0. The van der Waals surface area contributed by atoms with Crippen LogP contribution in [0.25, 0.3) is 0 Å². The molecule has 0 aromatic rings. The van der Waals surface area contributed by atoms with Crippen LogP contribution >= 0.6 is 0 Å². The highest BCUT2D eigenvalue weighted by molar-refractivity contribution is 5.75. The first kappa shape index (κ1) is 12.3. The first-order chi connectivity index (χ1) is 6.02. The molecule has 0 aromatic heterocycles. The number of carbonyl (C=O) groups is 1. The van der Waals surface area contributed by atoms with Gasteiger partial charge in [0.2, 0.25) is 5.91 Å². The number of carbonyl (C=O) groups excluding carboxylic acids is 1. The van der Waals surface area contributed by atoms with Crippen molar-refractivity contribution in [1.82, 2.24) is 4.90 Å². The lowest BCUT2D eigenvalue weighted by Crippen LogP contribution is -2.46. The van der Waals surface area contributed by atoms with Gasteiger partial charge in [-0.2, -0.15) is 0 Å². The summed E-state index contributed by atoms with van der Waals surface area (Å²) >= 11 is 0. The summed E-state index contributed by atoms with van der Waals surface area (Å²) in [5.41, 5.74) is 5.09. The molecule has 0 aliphatic rings. The Bertz CT molecular complexity index is 153. The van der Waals surface area contributed by atoms with E-state index in [4.69, 9.17) is 15.2 Å². The summed E-state index contributed by atoms with van der Waals surface area (Å²) < 4.78 is 10.1. The molecule has 0 aliphatic carbocycles. The van der Waals surface area contributed by atoms with Gasteiger partial charge in [0.1, 0.15) is 12.5 Å². The maximum atomic E-state index is 10.7. The van der Waals surface area contributed by atoms with E-state index in [0.29, 0.717) is 0 Å². The molecule has 0 saturated carbocycles. The van der Waals surface area contributed by atoms with Gasteiger partial charge in [-0.15, -0.1) is 0 Å². The summed E-state index contributed by atoms with van der Waals surface area (Å²) in [5, 5.41) is 0. The fraction of sp³-hybridized carbons (Fsp3) is 0.875. The summed E-state index contributed by atoms with van der Waals surface area (Å²) in [4.78, 5) is 12.4. The van der Waals surface area contributed by atoms with E-state index in [-0.39, 0.29) is 19.0 Å². The number of nitrogens with two attached hydrogens (primary N) is 1. The fourth-order valence-electron chi connectivity index (χ4n) is 1.00. The molecule has 0 spiro atoms. The Hall–Kier alpha value is -0.650. The van der Waals surface area contributed by atoms with Crippen LogP contribution in [0.5, 0.6) is 0 Å². The van der Waals surface area contributed by atoms with Crippen LogP contribution in [0.3, 0.4) is 0 Å².